The first-order valence-electron chi connectivity index (χ1n) is 5.93. The first-order valence-corrected chi connectivity index (χ1v) is 7.08. The molecule has 0 atom stereocenters. The van der Waals surface area contributed by atoms with Crippen molar-refractivity contribution in [3.05, 3.63) is 0 Å². The summed E-state index contributed by atoms with van der Waals surface area (Å²) < 4.78 is 0. The van der Waals surface area contributed by atoms with Gasteiger partial charge in [0.05, 0.1) is 0 Å². The second-order valence-corrected chi connectivity index (χ2v) is 5.01. The van der Waals surface area contributed by atoms with E-state index in [0.29, 0.717) is 24.3 Å². The minimum absolute atomic E-state index is 0. The molecule has 0 fully saturated rings. The molecule has 0 saturated heterocycles. The Labute approximate surface area is 142 Å². The zero-order valence-corrected chi connectivity index (χ0v) is 15.3. The van der Waals surface area contributed by atoms with Crippen molar-refractivity contribution in [1.82, 2.24) is 9.80 Å². The SMILES string of the molecule is CN(C)C(=O)CCC[S-].CN(C)C(=O)CCC[S-].[Pd+2]. The third-order valence-electron chi connectivity index (χ3n) is 2.07. The summed E-state index contributed by atoms with van der Waals surface area (Å²) in [7, 11) is 7.02. The fourth-order valence-corrected chi connectivity index (χ4v) is 1.18. The van der Waals surface area contributed by atoms with Crippen molar-refractivity contribution < 1.29 is 30.0 Å². The zero-order valence-electron chi connectivity index (χ0n) is 12.1. The van der Waals surface area contributed by atoms with Crippen molar-refractivity contribution in [2.45, 2.75) is 25.7 Å². The van der Waals surface area contributed by atoms with Gasteiger partial charge in [0.25, 0.3) is 0 Å². The van der Waals surface area contributed by atoms with Crippen LogP contribution in [0.4, 0.5) is 0 Å². The summed E-state index contributed by atoms with van der Waals surface area (Å²) in [5, 5.41) is 0. The summed E-state index contributed by atoms with van der Waals surface area (Å²) in [5.74, 6) is 1.69. The van der Waals surface area contributed by atoms with E-state index in [1.807, 2.05) is 0 Å². The number of hydrogen-bond donors (Lipinski definition) is 0. The standard InChI is InChI=1S/2C6H13NOS.Pd/c2*1-7(2)6(8)4-3-5-9;/h2*9H,3-5H2,1-2H3;/q;;+2/p-2. The van der Waals surface area contributed by atoms with Crippen molar-refractivity contribution in [3.63, 3.8) is 0 Å². The first-order chi connectivity index (χ1) is 8.36. The van der Waals surface area contributed by atoms with Gasteiger partial charge in [-0.2, -0.15) is 11.5 Å². The molecule has 0 N–H and O–H groups in total. The fraction of sp³-hybridized carbons (Fsp3) is 0.833. The summed E-state index contributed by atoms with van der Waals surface area (Å²) >= 11 is 9.37. The number of amides is 2. The van der Waals surface area contributed by atoms with E-state index in [-0.39, 0.29) is 32.2 Å². The van der Waals surface area contributed by atoms with Crippen LogP contribution >= 0.6 is 0 Å². The van der Waals surface area contributed by atoms with Gasteiger partial charge in [-0.3, -0.25) is 9.59 Å². The number of rotatable bonds is 6. The quantitative estimate of drug-likeness (QED) is 0.490. The molecular formula is C12H24N2O2PdS2. The van der Waals surface area contributed by atoms with Crippen molar-refractivity contribution in [2.24, 2.45) is 0 Å². The average Bonchev–Trinajstić information content (AvgIpc) is 2.33. The normalized spacial score (nSPS) is 8.74. The molecule has 0 rings (SSSR count). The topological polar surface area (TPSA) is 40.6 Å². The Balaban J connectivity index is -0.000000256. The van der Waals surface area contributed by atoms with Crippen LogP contribution in [0.2, 0.25) is 0 Å². The molecule has 4 nitrogen and oxygen atoms in total. The van der Waals surface area contributed by atoms with E-state index in [2.05, 4.69) is 25.3 Å². The zero-order chi connectivity index (χ0) is 14.6. The van der Waals surface area contributed by atoms with Crippen LogP contribution in [0.1, 0.15) is 25.7 Å². The van der Waals surface area contributed by atoms with Gasteiger partial charge in [-0.1, -0.05) is 12.8 Å². The number of nitrogens with zero attached hydrogens (tertiary/aromatic N) is 2. The van der Waals surface area contributed by atoms with Crippen LogP contribution < -0.4 is 0 Å². The van der Waals surface area contributed by atoms with Crippen LogP contribution in [0, 0.1) is 0 Å². The van der Waals surface area contributed by atoms with Crippen molar-refractivity contribution in [1.29, 1.82) is 0 Å². The molecule has 0 aliphatic carbocycles. The maximum absolute atomic E-state index is 10.8. The van der Waals surface area contributed by atoms with Gasteiger partial charge in [0.15, 0.2) is 0 Å². The summed E-state index contributed by atoms with van der Waals surface area (Å²) in [6.07, 6.45) is 2.84. The monoisotopic (exact) mass is 398 g/mol. The summed E-state index contributed by atoms with van der Waals surface area (Å²) in [4.78, 5) is 24.7. The van der Waals surface area contributed by atoms with Crippen LogP contribution in [0.3, 0.4) is 0 Å². The Morgan fingerprint density at radius 3 is 1.21 bits per heavy atom. The van der Waals surface area contributed by atoms with Crippen molar-refractivity contribution >= 4 is 37.1 Å². The molecule has 0 aromatic carbocycles. The smallest absolute Gasteiger partial charge is 0.793 e. The van der Waals surface area contributed by atoms with E-state index in [0.717, 1.165) is 12.8 Å². The first kappa shape index (κ1) is 24.3. The molecule has 0 aromatic heterocycles. The van der Waals surface area contributed by atoms with Crippen LogP contribution in [0.25, 0.3) is 0 Å². The largest absolute Gasteiger partial charge is 2.00 e. The van der Waals surface area contributed by atoms with Gasteiger partial charge < -0.3 is 35.1 Å². The van der Waals surface area contributed by atoms with Gasteiger partial charge in [-0.15, -0.1) is 0 Å². The number of hydrogen-bond acceptors (Lipinski definition) is 4. The Morgan fingerprint density at radius 1 is 0.789 bits per heavy atom. The van der Waals surface area contributed by atoms with Crippen LogP contribution in [-0.2, 0) is 55.3 Å². The molecule has 19 heavy (non-hydrogen) atoms. The Kier molecular flexibility index (Phi) is 20.9. The predicted octanol–water partition coefficient (Wildman–Crippen LogP) is 0.801. The molecule has 0 bridgehead atoms. The second kappa shape index (κ2) is 16.4. The molecule has 0 saturated carbocycles. The molecular weight excluding hydrogens is 375 g/mol. The van der Waals surface area contributed by atoms with E-state index < -0.39 is 0 Å². The van der Waals surface area contributed by atoms with Crippen molar-refractivity contribution in [3.8, 4) is 0 Å². The molecule has 0 spiro atoms. The van der Waals surface area contributed by atoms with Gasteiger partial charge >= 0.3 is 20.4 Å². The molecule has 7 heteroatoms. The molecule has 0 radical (unpaired) electrons. The molecule has 0 aliphatic rings. The van der Waals surface area contributed by atoms with Gasteiger partial charge in [-0.05, 0) is 0 Å². The Morgan fingerprint density at radius 2 is 1.05 bits per heavy atom. The maximum Gasteiger partial charge on any atom is 2.00 e. The molecule has 0 aliphatic heterocycles. The third kappa shape index (κ3) is 18.3. The van der Waals surface area contributed by atoms with Gasteiger partial charge in [0.1, 0.15) is 0 Å². The molecule has 116 valence electrons. The maximum atomic E-state index is 10.8. The van der Waals surface area contributed by atoms with Crippen LogP contribution in [0.5, 0.6) is 0 Å². The van der Waals surface area contributed by atoms with E-state index >= 15 is 0 Å². The van der Waals surface area contributed by atoms with Crippen molar-refractivity contribution in [2.75, 3.05) is 39.7 Å². The summed E-state index contributed by atoms with van der Waals surface area (Å²) in [5.41, 5.74) is 0. The van der Waals surface area contributed by atoms with E-state index in [9.17, 15) is 9.59 Å². The molecule has 2 amide bonds. The van der Waals surface area contributed by atoms with E-state index in [1.54, 1.807) is 38.0 Å². The summed E-state index contributed by atoms with van der Waals surface area (Å²) in [6, 6.07) is 0. The Bertz CT molecular complexity index is 216. The predicted molar refractivity (Wildman–Crippen MR) is 80.3 cm³/mol. The number of carbonyl (C=O) groups is 2. The number of carbonyl (C=O) groups excluding carboxylic acids is 2. The Hall–Kier alpha value is 0.302. The molecule has 0 heterocycles. The van der Waals surface area contributed by atoms with Crippen LogP contribution in [-0.4, -0.2) is 61.3 Å². The average molecular weight is 399 g/mol. The molecule has 0 aromatic rings. The van der Waals surface area contributed by atoms with Gasteiger partial charge in [0, 0.05) is 41.0 Å². The van der Waals surface area contributed by atoms with E-state index in [1.165, 1.54) is 0 Å². The van der Waals surface area contributed by atoms with Crippen LogP contribution in [0.15, 0.2) is 0 Å². The molecule has 0 unspecified atom stereocenters. The second-order valence-electron chi connectivity index (χ2n) is 4.19. The third-order valence-corrected chi connectivity index (χ3v) is 2.64. The fourth-order valence-electron chi connectivity index (χ4n) is 0.894. The summed E-state index contributed by atoms with van der Waals surface area (Å²) in [6.45, 7) is 0. The van der Waals surface area contributed by atoms with Gasteiger partial charge in [-0.25, -0.2) is 0 Å². The minimum atomic E-state index is 0. The van der Waals surface area contributed by atoms with E-state index in [4.69, 9.17) is 0 Å². The minimum Gasteiger partial charge on any atom is -0.793 e. The van der Waals surface area contributed by atoms with Gasteiger partial charge in [0.2, 0.25) is 11.8 Å².